The Morgan fingerprint density at radius 1 is 1.16 bits per heavy atom. The van der Waals surface area contributed by atoms with Crippen LogP contribution in [0.1, 0.15) is 18.9 Å². The van der Waals surface area contributed by atoms with E-state index in [1.54, 1.807) is 6.07 Å². The molecule has 7 nitrogen and oxygen atoms in total. The van der Waals surface area contributed by atoms with E-state index in [1.807, 2.05) is 42.2 Å². The van der Waals surface area contributed by atoms with Crippen LogP contribution in [0.3, 0.4) is 0 Å². The molecule has 1 atom stereocenters. The number of aromatic nitrogens is 1. The highest BCUT2D eigenvalue weighted by Gasteiger charge is 2.31. The van der Waals surface area contributed by atoms with E-state index >= 15 is 0 Å². The van der Waals surface area contributed by atoms with Gasteiger partial charge in [0.1, 0.15) is 11.6 Å². The minimum Gasteiger partial charge on any atom is -0.398 e. The lowest BCUT2D eigenvalue weighted by molar-refractivity contribution is -0.128. The topological polar surface area (TPSA) is 84.0 Å². The van der Waals surface area contributed by atoms with E-state index in [9.17, 15) is 9.18 Å². The van der Waals surface area contributed by atoms with E-state index in [2.05, 4.69) is 14.9 Å². The fourth-order valence-corrected chi connectivity index (χ4v) is 4.06. The first kappa shape index (κ1) is 22.0. The van der Waals surface area contributed by atoms with Crippen molar-refractivity contribution in [3.8, 4) is 0 Å². The number of nitrogens with zero attached hydrogens (tertiary/aromatic N) is 4. The number of halogens is 1. The van der Waals surface area contributed by atoms with Gasteiger partial charge in [-0.25, -0.2) is 9.37 Å². The summed E-state index contributed by atoms with van der Waals surface area (Å²) in [6, 6.07) is 12.6. The molecule has 2 N–H and O–H groups in total. The highest BCUT2D eigenvalue weighted by molar-refractivity contribution is 6.26. The van der Waals surface area contributed by atoms with E-state index in [4.69, 9.17) is 10.5 Å². The first-order chi connectivity index (χ1) is 15.5. The predicted molar refractivity (Wildman–Crippen MR) is 123 cm³/mol. The molecule has 2 aliphatic heterocycles. The monoisotopic (exact) mass is 437 g/mol. The van der Waals surface area contributed by atoms with E-state index in [0.717, 1.165) is 18.5 Å². The third-order valence-corrected chi connectivity index (χ3v) is 5.89. The van der Waals surface area contributed by atoms with Crippen molar-refractivity contribution in [1.82, 2.24) is 9.88 Å². The van der Waals surface area contributed by atoms with Crippen LogP contribution in [0.4, 0.5) is 10.2 Å². The van der Waals surface area contributed by atoms with Crippen molar-refractivity contribution in [3.05, 3.63) is 65.6 Å². The number of amides is 1. The van der Waals surface area contributed by atoms with Gasteiger partial charge < -0.3 is 20.3 Å². The van der Waals surface area contributed by atoms with Crippen LogP contribution in [0.15, 0.2) is 59.2 Å². The summed E-state index contributed by atoms with van der Waals surface area (Å²) in [5.41, 5.74) is 8.73. The van der Waals surface area contributed by atoms with Gasteiger partial charge in [-0.1, -0.05) is 30.3 Å². The Bertz CT molecular complexity index is 1010. The quantitative estimate of drug-likeness (QED) is 0.743. The van der Waals surface area contributed by atoms with E-state index in [-0.39, 0.29) is 24.4 Å². The Kier molecular flexibility index (Phi) is 6.80. The van der Waals surface area contributed by atoms with Crippen molar-refractivity contribution < 1.29 is 13.9 Å². The van der Waals surface area contributed by atoms with Gasteiger partial charge in [-0.2, -0.15) is 0 Å². The number of ether oxygens (including phenoxy) is 1. The predicted octanol–water partition coefficient (Wildman–Crippen LogP) is 2.49. The zero-order valence-corrected chi connectivity index (χ0v) is 18.2. The lowest BCUT2D eigenvalue weighted by atomic mass is 10.00. The van der Waals surface area contributed by atoms with Crippen LogP contribution >= 0.6 is 0 Å². The maximum Gasteiger partial charge on any atom is 0.258 e. The lowest BCUT2D eigenvalue weighted by Crippen LogP contribution is -2.43. The van der Waals surface area contributed by atoms with E-state index < -0.39 is 0 Å². The van der Waals surface area contributed by atoms with Crippen LogP contribution in [-0.4, -0.2) is 66.9 Å². The summed E-state index contributed by atoms with van der Waals surface area (Å²) in [6.07, 6.45) is 1.97. The summed E-state index contributed by atoms with van der Waals surface area (Å²) in [6.45, 7) is 5.16. The molecule has 1 aromatic carbocycles. The maximum absolute atomic E-state index is 13.8. The number of benzene rings is 1. The Hall–Kier alpha value is -3.26. The molecule has 2 aliphatic rings. The van der Waals surface area contributed by atoms with Crippen molar-refractivity contribution in [3.63, 3.8) is 0 Å². The van der Waals surface area contributed by atoms with Crippen LogP contribution in [0, 0.1) is 5.82 Å². The molecule has 32 heavy (non-hydrogen) atoms. The fourth-order valence-electron chi connectivity index (χ4n) is 4.06. The Balaban J connectivity index is 1.63. The second kappa shape index (κ2) is 9.91. The largest absolute Gasteiger partial charge is 0.398 e. The molecule has 1 saturated heterocycles. The standard InChI is InChI=1S/C24H28FN5O2/c1-17-9-11-29(21-8-7-19(25)15-28-21)12-13-30(17)24(31)22(20-16-32-14-10-27-20)23(26)18-5-3-2-4-6-18/h2-8,15,17H,9-14,16,26H2,1H3/b23-22+. The average molecular weight is 438 g/mol. The number of aliphatic imine (C=N–C) groups is 1. The second-order valence-electron chi connectivity index (χ2n) is 7.99. The summed E-state index contributed by atoms with van der Waals surface area (Å²) < 4.78 is 18.9. The summed E-state index contributed by atoms with van der Waals surface area (Å²) in [4.78, 5) is 26.5. The second-order valence-corrected chi connectivity index (χ2v) is 7.99. The number of hydrogen-bond donors (Lipinski definition) is 1. The number of carbonyl (C=O) groups excluding carboxylic acids is 1. The average Bonchev–Trinajstić information content (AvgIpc) is 3.02. The van der Waals surface area contributed by atoms with Crippen LogP contribution in [0.2, 0.25) is 0 Å². The van der Waals surface area contributed by atoms with Gasteiger partial charge in [-0.15, -0.1) is 0 Å². The van der Waals surface area contributed by atoms with Crippen molar-refractivity contribution >= 4 is 23.1 Å². The molecule has 0 bridgehead atoms. The zero-order valence-electron chi connectivity index (χ0n) is 18.2. The molecule has 4 rings (SSSR count). The maximum atomic E-state index is 13.8. The van der Waals surface area contributed by atoms with Gasteiger partial charge in [0.15, 0.2) is 0 Å². The highest BCUT2D eigenvalue weighted by Crippen LogP contribution is 2.23. The Labute approximate surface area is 187 Å². The molecule has 0 aliphatic carbocycles. The lowest BCUT2D eigenvalue weighted by Gasteiger charge is -2.29. The Morgan fingerprint density at radius 3 is 2.66 bits per heavy atom. The minimum absolute atomic E-state index is 0.00312. The van der Waals surface area contributed by atoms with Crippen molar-refractivity contribution in [2.45, 2.75) is 19.4 Å². The highest BCUT2D eigenvalue weighted by atomic mass is 19.1. The zero-order chi connectivity index (χ0) is 22.5. The molecule has 8 heteroatoms. The third kappa shape index (κ3) is 4.80. The summed E-state index contributed by atoms with van der Waals surface area (Å²) >= 11 is 0. The van der Waals surface area contributed by atoms with Gasteiger partial charge in [-0.05, 0) is 31.0 Å². The van der Waals surface area contributed by atoms with Crippen molar-refractivity contribution in [2.24, 2.45) is 10.7 Å². The van der Waals surface area contributed by atoms with Gasteiger partial charge in [-0.3, -0.25) is 9.79 Å². The smallest absolute Gasteiger partial charge is 0.258 e. The van der Waals surface area contributed by atoms with Crippen molar-refractivity contribution in [1.29, 1.82) is 0 Å². The first-order valence-corrected chi connectivity index (χ1v) is 10.9. The van der Waals surface area contributed by atoms with Crippen LogP contribution < -0.4 is 10.6 Å². The summed E-state index contributed by atoms with van der Waals surface area (Å²) in [5.74, 6) is 0.199. The van der Waals surface area contributed by atoms with E-state index in [0.29, 0.717) is 49.0 Å². The van der Waals surface area contributed by atoms with Crippen LogP contribution in [-0.2, 0) is 9.53 Å². The third-order valence-electron chi connectivity index (χ3n) is 5.89. The van der Waals surface area contributed by atoms with Crippen LogP contribution in [0.5, 0.6) is 0 Å². The molecule has 1 aromatic heterocycles. The molecular formula is C24H28FN5O2. The molecule has 3 heterocycles. The van der Waals surface area contributed by atoms with Gasteiger partial charge in [0.25, 0.3) is 5.91 Å². The normalized spacial score (nSPS) is 20.3. The molecule has 0 saturated carbocycles. The van der Waals surface area contributed by atoms with Crippen LogP contribution in [0.25, 0.3) is 5.70 Å². The van der Waals surface area contributed by atoms with Gasteiger partial charge in [0.05, 0.1) is 42.9 Å². The van der Waals surface area contributed by atoms with E-state index in [1.165, 1.54) is 12.3 Å². The Morgan fingerprint density at radius 2 is 1.97 bits per heavy atom. The molecule has 1 unspecified atom stereocenters. The number of carbonyl (C=O) groups is 1. The molecule has 2 aromatic rings. The molecule has 0 spiro atoms. The van der Waals surface area contributed by atoms with Gasteiger partial charge in [0, 0.05) is 25.7 Å². The molecule has 168 valence electrons. The number of rotatable bonds is 4. The van der Waals surface area contributed by atoms with Crippen molar-refractivity contribution in [2.75, 3.05) is 44.3 Å². The molecule has 1 fully saturated rings. The fraction of sp³-hybridized carbons (Fsp3) is 0.375. The molecular weight excluding hydrogens is 409 g/mol. The number of hydrogen-bond acceptors (Lipinski definition) is 6. The molecule has 0 radical (unpaired) electrons. The number of anilines is 1. The first-order valence-electron chi connectivity index (χ1n) is 10.9. The minimum atomic E-state index is -0.365. The number of nitrogens with two attached hydrogens (primary N) is 1. The molecule has 1 amide bonds. The summed E-state index contributed by atoms with van der Waals surface area (Å²) in [7, 11) is 0. The summed E-state index contributed by atoms with van der Waals surface area (Å²) in [5, 5.41) is 0. The van der Waals surface area contributed by atoms with Gasteiger partial charge in [0.2, 0.25) is 0 Å². The number of pyridine rings is 1. The van der Waals surface area contributed by atoms with Gasteiger partial charge >= 0.3 is 0 Å². The SMILES string of the molecule is CC1CCN(c2ccc(F)cn2)CCN1C(=O)/C(C1=NCCOC1)=C(/N)c1ccccc1.